The lowest BCUT2D eigenvalue weighted by atomic mass is 9.96. The maximum absolute atomic E-state index is 6.01. The van der Waals surface area contributed by atoms with Crippen LogP contribution in [-0.2, 0) is 0 Å². The monoisotopic (exact) mass is 148 g/mol. The molecular formula is C8H17Cl. The van der Waals surface area contributed by atoms with E-state index in [1.807, 2.05) is 0 Å². The van der Waals surface area contributed by atoms with Crippen LogP contribution in [0.5, 0.6) is 0 Å². The zero-order chi connectivity index (χ0) is 7.49. The van der Waals surface area contributed by atoms with E-state index >= 15 is 0 Å². The molecule has 0 fully saturated rings. The van der Waals surface area contributed by atoms with Crippen molar-refractivity contribution in [2.75, 3.05) is 0 Å². The third-order valence-corrected chi connectivity index (χ3v) is 1.69. The number of alkyl halides is 1. The van der Waals surface area contributed by atoms with Gasteiger partial charge in [-0.2, -0.15) is 0 Å². The molecule has 0 rings (SSSR count). The molecule has 0 aliphatic heterocycles. The summed E-state index contributed by atoms with van der Waals surface area (Å²) in [7, 11) is 0. The van der Waals surface area contributed by atoms with Gasteiger partial charge in [0.25, 0.3) is 0 Å². The fraction of sp³-hybridized carbons (Fsp3) is 1.00. The molecule has 0 radical (unpaired) electrons. The Morgan fingerprint density at radius 1 is 1.44 bits per heavy atom. The summed E-state index contributed by atoms with van der Waals surface area (Å²) >= 11 is 6.01. The van der Waals surface area contributed by atoms with Crippen LogP contribution in [0.1, 0.15) is 40.5 Å². The molecule has 1 atom stereocenters. The Bertz CT molecular complexity index is 71.1. The van der Waals surface area contributed by atoms with Crippen LogP contribution in [0, 0.1) is 5.92 Å². The van der Waals surface area contributed by atoms with Crippen molar-refractivity contribution in [2.45, 2.75) is 45.4 Å². The molecule has 0 bridgehead atoms. The minimum atomic E-state index is -0.00454. The fourth-order valence-corrected chi connectivity index (χ4v) is 1.24. The van der Waals surface area contributed by atoms with Crippen molar-refractivity contribution >= 4 is 11.6 Å². The highest BCUT2D eigenvalue weighted by molar-refractivity contribution is 6.23. The van der Waals surface area contributed by atoms with Crippen molar-refractivity contribution in [1.29, 1.82) is 0 Å². The second kappa shape index (κ2) is 3.46. The van der Waals surface area contributed by atoms with E-state index in [1.54, 1.807) is 0 Å². The Labute approximate surface area is 63.6 Å². The van der Waals surface area contributed by atoms with Gasteiger partial charge in [-0.05, 0) is 26.2 Å². The molecule has 0 saturated carbocycles. The van der Waals surface area contributed by atoms with Gasteiger partial charge in [-0.25, -0.2) is 0 Å². The summed E-state index contributed by atoms with van der Waals surface area (Å²) < 4.78 is 0. The Balaban J connectivity index is 3.47. The summed E-state index contributed by atoms with van der Waals surface area (Å²) in [4.78, 5) is -0.00454. The highest BCUT2D eigenvalue weighted by Gasteiger charge is 2.15. The SMILES string of the molecule is CC[C@@H](C)CC(C)(C)Cl. The fourth-order valence-electron chi connectivity index (χ4n) is 0.973. The van der Waals surface area contributed by atoms with E-state index in [9.17, 15) is 0 Å². The summed E-state index contributed by atoms with van der Waals surface area (Å²) in [6.07, 6.45) is 2.35. The summed E-state index contributed by atoms with van der Waals surface area (Å²) in [5.41, 5.74) is 0. The molecule has 0 aromatic rings. The van der Waals surface area contributed by atoms with Crippen LogP contribution in [-0.4, -0.2) is 4.87 Å². The van der Waals surface area contributed by atoms with Crippen molar-refractivity contribution in [3.8, 4) is 0 Å². The van der Waals surface area contributed by atoms with E-state index in [1.165, 1.54) is 6.42 Å². The molecule has 0 amide bonds. The van der Waals surface area contributed by atoms with Gasteiger partial charge in [0.15, 0.2) is 0 Å². The average molecular weight is 149 g/mol. The van der Waals surface area contributed by atoms with Crippen LogP contribution in [0.3, 0.4) is 0 Å². The van der Waals surface area contributed by atoms with Gasteiger partial charge in [0.05, 0.1) is 0 Å². The summed E-state index contributed by atoms with van der Waals surface area (Å²) in [6.45, 7) is 8.58. The van der Waals surface area contributed by atoms with E-state index in [4.69, 9.17) is 11.6 Å². The van der Waals surface area contributed by atoms with Crippen molar-refractivity contribution in [3.63, 3.8) is 0 Å². The quantitative estimate of drug-likeness (QED) is 0.538. The first-order valence-corrected chi connectivity index (χ1v) is 4.02. The number of hydrogen-bond donors (Lipinski definition) is 0. The first-order valence-electron chi connectivity index (χ1n) is 3.64. The van der Waals surface area contributed by atoms with Gasteiger partial charge in [-0.3, -0.25) is 0 Å². The van der Waals surface area contributed by atoms with Crippen LogP contribution < -0.4 is 0 Å². The van der Waals surface area contributed by atoms with E-state index in [0.29, 0.717) is 0 Å². The van der Waals surface area contributed by atoms with E-state index in [2.05, 4.69) is 27.7 Å². The zero-order valence-corrected chi connectivity index (χ0v) is 7.63. The molecule has 56 valence electrons. The van der Waals surface area contributed by atoms with Crippen molar-refractivity contribution in [3.05, 3.63) is 0 Å². The topological polar surface area (TPSA) is 0 Å². The first-order chi connectivity index (χ1) is 3.95. The van der Waals surface area contributed by atoms with Gasteiger partial charge in [-0.1, -0.05) is 20.3 Å². The molecular weight excluding hydrogens is 132 g/mol. The van der Waals surface area contributed by atoms with E-state index in [-0.39, 0.29) is 4.87 Å². The molecule has 0 unspecified atom stereocenters. The normalized spacial score (nSPS) is 15.7. The Hall–Kier alpha value is 0.290. The third-order valence-electron chi connectivity index (χ3n) is 1.53. The van der Waals surface area contributed by atoms with Crippen LogP contribution in [0.4, 0.5) is 0 Å². The Morgan fingerprint density at radius 2 is 1.89 bits per heavy atom. The van der Waals surface area contributed by atoms with Crippen LogP contribution in [0.25, 0.3) is 0 Å². The molecule has 0 nitrogen and oxygen atoms in total. The number of halogens is 1. The number of hydrogen-bond acceptors (Lipinski definition) is 0. The number of rotatable bonds is 3. The van der Waals surface area contributed by atoms with Crippen molar-refractivity contribution in [1.82, 2.24) is 0 Å². The van der Waals surface area contributed by atoms with Gasteiger partial charge in [-0.15, -0.1) is 11.6 Å². The summed E-state index contributed by atoms with van der Waals surface area (Å²) in [6, 6.07) is 0. The lowest BCUT2D eigenvalue weighted by molar-refractivity contribution is 0.450. The second-order valence-corrected chi connectivity index (χ2v) is 4.46. The van der Waals surface area contributed by atoms with E-state index in [0.717, 1.165) is 12.3 Å². The van der Waals surface area contributed by atoms with Crippen LogP contribution in [0.2, 0.25) is 0 Å². The summed E-state index contributed by atoms with van der Waals surface area (Å²) in [5, 5.41) is 0. The molecule has 0 N–H and O–H groups in total. The Morgan fingerprint density at radius 3 is 2.00 bits per heavy atom. The molecule has 0 aliphatic carbocycles. The van der Waals surface area contributed by atoms with Crippen LogP contribution in [0.15, 0.2) is 0 Å². The minimum Gasteiger partial charge on any atom is -0.120 e. The standard InChI is InChI=1S/C8H17Cl/c1-5-7(2)6-8(3,4)9/h7H,5-6H2,1-4H3/t7-/m1/s1. The minimum absolute atomic E-state index is 0.00454. The highest BCUT2D eigenvalue weighted by Crippen LogP contribution is 2.24. The van der Waals surface area contributed by atoms with Gasteiger partial charge < -0.3 is 0 Å². The van der Waals surface area contributed by atoms with Gasteiger partial charge in [0.2, 0.25) is 0 Å². The van der Waals surface area contributed by atoms with Crippen molar-refractivity contribution in [2.24, 2.45) is 5.92 Å². The summed E-state index contributed by atoms with van der Waals surface area (Å²) in [5.74, 6) is 0.762. The molecule has 9 heavy (non-hydrogen) atoms. The van der Waals surface area contributed by atoms with Gasteiger partial charge in [0, 0.05) is 4.87 Å². The predicted octanol–water partition coefficient (Wildman–Crippen LogP) is 3.44. The largest absolute Gasteiger partial charge is 0.120 e. The molecule has 0 aromatic heterocycles. The van der Waals surface area contributed by atoms with Crippen LogP contribution >= 0.6 is 11.6 Å². The van der Waals surface area contributed by atoms with Gasteiger partial charge in [0.1, 0.15) is 0 Å². The molecule has 0 spiro atoms. The molecule has 0 aromatic carbocycles. The average Bonchev–Trinajstić information content (AvgIpc) is 1.62. The maximum Gasteiger partial charge on any atom is 0.0393 e. The predicted molar refractivity (Wildman–Crippen MR) is 44.0 cm³/mol. The first kappa shape index (κ1) is 9.29. The zero-order valence-electron chi connectivity index (χ0n) is 6.87. The molecule has 0 aliphatic rings. The third kappa shape index (κ3) is 6.17. The highest BCUT2D eigenvalue weighted by atomic mass is 35.5. The Kier molecular flexibility index (Phi) is 3.57. The van der Waals surface area contributed by atoms with Crippen molar-refractivity contribution < 1.29 is 0 Å². The van der Waals surface area contributed by atoms with E-state index < -0.39 is 0 Å². The molecule has 0 saturated heterocycles. The lowest BCUT2D eigenvalue weighted by Gasteiger charge is -2.19. The maximum atomic E-state index is 6.01. The molecule has 1 heteroatoms. The molecule has 0 heterocycles. The van der Waals surface area contributed by atoms with Gasteiger partial charge >= 0.3 is 0 Å². The lowest BCUT2D eigenvalue weighted by Crippen LogP contribution is -2.14. The smallest absolute Gasteiger partial charge is 0.0393 e. The second-order valence-electron chi connectivity index (χ2n) is 3.44.